The normalized spacial score (nSPS) is 14.7. The summed E-state index contributed by atoms with van der Waals surface area (Å²) >= 11 is 1.24. The highest BCUT2D eigenvalue weighted by Crippen LogP contribution is 2.32. The number of carboxylic acids is 1. The summed E-state index contributed by atoms with van der Waals surface area (Å²) in [4.78, 5) is 25.9. The molecule has 36 heavy (non-hydrogen) atoms. The maximum atomic E-state index is 11.3. The molecule has 9 heteroatoms. The van der Waals surface area contributed by atoms with Gasteiger partial charge in [0.15, 0.2) is 0 Å². The third-order valence-electron chi connectivity index (χ3n) is 5.94. The van der Waals surface area contributed by atoms with Crippen molar-refractivity contribution in [2.75, 3.05) is 11.3 Å². The summed E-state index contributed by atoms with van der Waals surface area (Å²) < 4.78 is 9.55. The zero-order valence-corrected chi connectivity index (χ0v) is 20.7. The first-order valence-electron chi connectivity index (χ1n) is 11.5. The fourth-order valence-electron chi connectivity index (χ4n) is 4.25. The Labute approximate surface area is 213 Å². The SMILES string of the molecule is Cc1cccc(C)c1-c1cc(OC2CNCc3ncccc32)nc(NSc2cccc(C(=O)O)c2)n1. The van der Waals surface area contributed by atoms with Gasteiger partial charge in [0.2, 0.25) is 11.8 Å². The third kappa shape index (κ3) is 5.17. The van der Waals surface area contributed by atoms with Crippen molar-refractivity contribution in [3.05, 3.63) is 94.8 Å². The molecule has 0 amide bonds. The van der Waals surface area contributed by atoms with Crippen LogP contribution in [0.3, 0.4) is 0 Å². The Balaban J connectivity index is 1.49. The van der Waals surface area contributed by atoms with E-state index in [-0.39, 0.29) is 11.7 Å². The summed E-state index contributed by atoms with van der Waals surface area (Å²) in [6.07, 6.45) is 1.54. The molecule has 4 aromatic rings. The van der Waals surface area contributed by atoms with Crippen LogP contribution in [0.1, 0.15) is 38.8 Å². The van der Waals surface area contributed by atoms with Crippen LogP contribution in [0.15, 0.2) is 71.8 Å². The average Bonchev–Trinajstić information content (AvgIpc) is 2.88. The van der Waals surface area contributed by atoms with Gasteiger partial charge in [-0.3, -0.25) is 9.71 Å². The van der Waals surface area contributed by atoms with Crippen LogP contribution >= 0.6 is 11.9 Å². The molecule has 8 nitrogen and oxygen atoms in total. The lowest BCUT2D eigenvalue weighted by Gasteiger charge is -2.26. The highest BCUT2D eigenvalue weighted by atomic mass is 32.2. The Kier molecular flexibility index (Phi) is 6.84. The van der Waals surface area contributed by atoms with Crippen LogP contribution in [-0.4, -0.2) is 32.6 Å². The molecule has 0 saturated carbocycles. The van der Waals surface area contributed by atoms with Gasteiger partial charge in [-0.05, 0) is 61.2 Å². The number of pyridine rings is 1. The molecular formula is C27H25N5O3S. The first-order valence-corrected chi connectivity index (χ1v) is 12.3. The van der Waals surface area contributed by atoms with Crippen LogP contribution in [0.5, 0.6) is 5.88 Å². The number of aromatic nitrogens is 3. The monoisotopic (exact) mass is 499 g/mol. The van der Waals surface area contributed by atoms with E-state index in [2.05, 4.69) is 46.0 Å². The zero-order chi connectivity index (χ0) is 25.1. The van der Waals surface area contributed by atoms with Crippen molar-refractivity contribution in [2.45, 2.75) is 31.4 Å². The molecular weight excluding hydrogens is 474 g/mol. The second-order valence-electron chi connectivity index (χ2n) is 8.50. The Morgan fingerprint density at radius 3 is 2.69 bits per heavy atom. The second kappa shape index (κ2) is 10.3. The van der Waals surface area contributed by atoms with Gasteiger partial charge in [-0.1, -0.05) is 30.3 Å². The van der Waals surface area contributed by atoms with Crippen molar-refractivity contribution in [3.8, 4) is 17.1 Å². The number of nitrogens with zero attached hydrogens (tertiary/aromatic N) is 3. The fraction of sp³-hybridized carbons (Fsp3) is 0.185. The molecule has 3 heterocycles. The second-order valence-corrected chi connectivity index (χ2v) is 9.38. The summed E-state index contributed by atoms with van der Waals surface area (Å²) in [5.74, 6) is -0.170. The molecule has 2 aromatic carbocycles. The highest BCUT2D eigenvalue weighted by molar-refractivity contribution is 8.00. The molecule has 1 atom stereocenters. The van der Waals surface area contributed by atoms with E-state index in [1.165, 1.54) is 11.9 Å². The Bertz CT molecular complexity index is 1410. The molecule has 0 aliphatic carbocycles. The van der Waals surface area contributed by atoms with Gasteiger partial charge in [-0.25, -0.2) is 9.78 Å². The van der Waals surface area contributed by atoms with Crippen LogP contribution in [0, 0.1) is 13.8 Å². The summed E-state index contributed by atoms with van der Waals surface area (Å²) in [6.45, 7) is 5.45. The van der Waals surface area contributed by atoms with E-state index in [1.54, 1.807) is 24.4 Å². The van der Waals surface area contributed by atoms with Gasteiger partial charge in [-0.15, -0.1) is 0 Å². The summed E-state index contributed by atoms with van der Waals surface area (Å²) in [5.41, 5.74) is 6.18. The van der Waals surface area contributed by atoms with Gasteiger partial charge in [0.25, 0.3) is 0 Å². The van der Waals surface area contributed by atoms with Crippen molar-refractivity contribution in [2.24, 2.45) is 0 Å². The van der Waals surface area contributed by atoms with E-state index in [4.69, 9.17) is 9.72 Å². The Morgan fingerprint density at radius 2 is 1.89 bits per heavy atom. The van der Waals surface area contributed by atoms with Crippen LogP contribution in [0.25, 0.3) is 11.3 Å². The van der Waals surface area contributed by atoms with Gasteiger partial charge in [0.1, 0.15) is 6.10 Å². The van der Waals surface area contributed by atoms with Gasteiger partial charge in [0.05, 0.1) is 17.0 Å². The number of rotatable bonds is 7. The van der Waals surface area contributed by atoms with Crippen molar-refractivity contribution in [1.82, 2.24) is 20.3 Å². The smallest absolute Gasteiger partial charge is 0.335 e. The summed E-state index contributed by atoms with van der Waals surface area (Å²) in [5, 5.41) is 12.6. The number of nitrogens with one attached hydrogen (secondary N) is 2. The number of benzene rings is 2. The minimum atomic E-state index is -0.975. The predicted molar refractivity (Wildman–Crippen MR) is 139 cm³/mol. The van der Waals surface area contributed by atoms with Gasteiger partial charge < -0.3 is 15.2 Å². The lowest BCUT2D eigenvalue weighted by atomic mass is 10.00. The van der Waals surface area contributed by atoms with Crippen LogP contribution in [0.2, 0.25) is 0 Å². The van der Waals surface area contributed by atoms with Crippen molar-refractivity contribution < 1.29 is 14.6 Å². The van der Waals surface area contributed by atoms with E-state index in [0.29, 0.717) is 24.9 Å². The average molecular weight is 500 g/mol. The number of hydrogen-bond donors (Lipinski definition) is 3. The zero-order valence-electron chi connectivity index (χ0n) is 19.9. The van der Waals surface area contributed by atoms with Gasteiger partial charge >= 0.3 is 5.97 Å². The standard InChI is InChI=1S/C27H25N5O3S/c1-16-6-3-7-17(2)25(16)21-13-24(35-23-15-28-14-22-20(23)10-5-11-29-22)31-27(30-21)32-36-19-9-4-8-18(12-19)26(33)34/h3-13,23,28H,14-15H2,1-2H3,(H,33,34)(H,30,31,32). The number of anilines is 1. The van der Waals surface area contributed by atoms with Crippen molar-refractivity contribution >= 4 is 23.9 Å². The Morgan fingerprint density at radius 1 is 1.08 bits per heavy atom. The maximum Gasteiger partial charge on any atom is 0.335 e. The van der Waals surface area contributed by atoms with E-state index in [0.717, 1.165) is 38.5 Å². The summed E-state index contributed by atoms with van der Waals surface area (Å²) in [6, 6.07) is 18.6. The molecule has 0 radical (unpaired) electrons. The van der Waals surface area contributed by atoms with E-state index >= 15 is 0 Å². The lowest BCUT2D eigenvalue weighted by molar-refractivity contribution is 0.0696. The van der Waals surface area contributed by atoms with Crippen LogP contribution < -0.4 is 14.8 Å². The molecule has 0 saturated heterocycles. The largest absolute Gasteiger partial charge is 0.478 e. The fourth-order valence-corrected chi connectivity index (χ4v) is 4.88. The quantitative estimate of drug-likeness (QED) is 0.296. The van der Waals surface area contributed by atoms with Crippen LogP contribution in [0.4, 0.5) is 5.95 Å². The number of carbonyl (C=O) groups is 1. The van der Waals surface area contributed by atoms with Crippen molar-refractivity contribution in [3.63, 3.8) is 0 Å². The number of aryl methyl sites for hydroxylation is 2. The molecule has 0 spiro atoms. The first kappa shape index (κ1) is 23.8. The van der Waals surface area contributed by atoms with E-state index < -0.39 is 5.97 Å². The molecule has 182 valence electrons. The predicted octanol–water partition coefficient (Wildman–Crippen LogP) is 5.20. The summed E-state index contributed by atoms with van der Waals surface area (Å²) in [7, 11) is 0. The lowest BCUT2D eigenvalue weighted by Crippen LogP contribution is -2.32. The number of aromatic carboxylic acids is 1. The number of hydrogen-bond acceptors (Lipinski definition) is 8. The Hall–Kier alpha value is -3.95. The molecule has 2 aromatic heterocycles. The van der Waals surface area contributed by atoms with E-state index in [1.807, 2.05) is 30.3 Å². The van der Waals surface area contributed by atoms with E-state index in [9.17, 15) is 9.90 Å². The maximum absolute atomic E-state index is 11.3. The van der Waals surface area contributed by atoms with Gasteiger partial charge in [0, 0.05) is 41.4 Å². The van der Waals surface area contributed by atoms with Crippen LogP contribution in [-0.2, 0) is 6.54 Å². The molecule has 1 aliphatic heterocycles. The molecule has 3 N–H and O–H groups in total. The van der Waals surface area contributed by atoms with Gasteiger partial charge in [-0.2, -0.15) is 4.98 Å². The minimum absolute atomic E-state index is 0.216. The number of fused-ring (bicyclic) bond motifs is 1. The third-order valence-corrected chi connectivity index (χ3v) is 6.71. The molecule has 1 unspecified atom stereocenters. The molecule has 0 bridgehead atoms. The first-order chi connectivity index (χ1) is 17.5. The molecule has 0 fully saturated rings. The highest BCUT2D eigenvalue weighted by Gasteiger charge is 2.23. The number of ether oxygens (including phenoxy) is 1. The topological polar surface area (TPSA) is 109 Å². The molecule has 1 aliphatic rings. The van der Waals surface area contributed by atoms with Crippen molar-refractivity contribution in [1.29, 1.82) is 0 Å². The number of carboxylic acid groups (broad SMARTS) is 1. The molecule has 5 rings (SSSR count). The minimum Gasteiger partial charge on any atom is -0.478 e.